The molecule has 0 spiro atoms. The van der Waals surface area contributed by atoms with Crippen LogP contribution >= 0.6 is 0 Å². The molecule has 0 saturated heterocycles. The molecular weight excluding hydrogens is 168 g/mol. The number of aromatic nitrogens is 2. The van der Waals surface area contributed by atoms with Crippen molar-refractivity contribution in [2.45, 2.75) is 13.3 Å². The molecule has 68 valence electrons. The van der Waals surface area contributed by atoms with Crippen molar-refractivity contribution >= 4 is 5.91 Å². The average Bonchev–Trinajstić information content (AvgIpc) is 2.52. The maximum absolute atomic E-state index is 11.3. The van der Waals surface area contributed by atoms with E-state index in [0.717, 1.165) is 5.56 Å². The normalized spacial score (nSPS) is 9.23. The highest BCUT2D eigenvalue weighted by atomic mass is 16.1. The molecule has 0 unspecified atom stereocenters. The van der Waals surface area contributed by atoms with E-state index in [-0.39, 0.29) is 5.91 Å². The number of hydrogen-bond acceptors (Lipinski definition) is 3. The van der Waals surface area contributed by atoms with Crippen LogP contribution in [-0.4, -0.2) is 22.6 Å². The van der Waals surface area contributed by atoms with Gasteiger partial charge in [-0.1, -0.05) is 0 Å². The summed E-state index contributed by atoms with van der Waals surface area (Å²) < 4.78 is 0. The Hall–Kier alpha value is -1.83. The Bertz CT molecular complexity index is 336. The van der Waals surface area contributed by atoms with Gasteiger partial charge in [0.2, 0.25) is 0 Å². The van der Waals surface area contributed by atoms with Gasteiger partial charge in [-0.05, 0) is 12.5 Å². The zero-order chi connectivity index (χ0) is 9.68. The standard InChI is InChI=1S/C8H10N4O/c1-6-5-11-12-7(6)8(13)10-4-2-3-9/h5H,2,4H2,1H3,(H,10,13)(H,11,12). The number of H-pyrrole nitrogens is 1. The Balaban J connectivity index is 2.50. The fourth-order valence-corrected chi connectivity index (χ4v) is 0.897. The molecule has 5 nitrogen and oxygen atoms in total. The predicted octanol–water partition coefficient (Wildman–Crippen LogP) is 0.362. The highest BCUT2D eigenvalue weighted by Gasteiger charge is 2.08. The summed E-state index contributed by atoms with van der Waals surface area (Å²) in [7, 11) is 0. The molecule has 0 aliphatic carbocycles. The van der Waals surface area contributed by atoms with Crippen molar-refractivity contribution < 1.29 is 4.79 Å². The Morgan fingerprint density at radius 3 is 3.15 bits per heavy atom. The number of rotatable bonds is 3. The van der Waals surface area contributed by atoms with Crippen molar-refractivity contribution in [2.24, 2.45) is 0 Å². The van der Waals surface area contributed by atoms with Crippen LogP contribution in [0, 0.1) is 18.3 Å². The van der Waals surface area contributed by atoms with Gasteiger partial charge in [0.25, 0.3) is 5.91 Å². The molecule has 0 bridgehead atoms. The van der Waals surface area contributed by atoms with Gasteiger partial charge in [-0.25, -0.2) is 0 Å². The molecule has 0 radical (unpaired) electrons. The molecule has 1 aromatic rings. The van der Waals surface area contributed by atoms with Crippen LogP contribution in [0.4, 0.5) is 0 Å². The van der Waals surface area contributed by atoms with Crippen molar-refractivity contribution in [1.29, 1.82) is 5.26 Å². The smallest absolute Gasteiger partial charge is 0.269 e. The zero-order valence-electron chi connectivity index (χ0n) is 7.29. The maximum atomic E-state index is 11.3. The van der Waals surface area contributed by atoms with E-state index in [2.05, 4.69) is 15.5 Å². The molecule has 0 saturated carbocycles. The second-order valence-electron chi connectivity index (χ2n) is 2.59. The Morgan fingerprint density at radius 1 is 1.85 bits per heavy atom. The Labute approximate surface area is 75.8 Å². The largest absolute Gasteiger partial charge is 0.350 e. The Morgan fingerprint density at radius 2 is 2.62 bits per heavy atom. The first-order chi connectivity index (χ1) is 6.25. The third-order valence-corrected chi connectivity index (χ3v) is 1.58. The van der Waals surface area contributed by atoms with E-state index in [1.54, 1.807) is 13.1 Å². The van der Waals surface area contributed by atoms with E-state index in [1.807, 2.05) is 6.07 Å². The van der Waals surface area contributed by atoms with Gasteiger partial charge in [0, 0.05) is 6.54 Å². The van der Waals surface area contributed by atoms with Crippen molar-refractivity contribution in [3.63, 3.8) is 0 Å². The lowest BCUT2D eigenvalue weighted by Gasteiger charge is -1.99. The lowest BCUT2D eigenvalue weighted by Crippen LogP contribution is -2.25. The lowest BCUT2D eigenvalue weighted by molar-refractivity contribution is 0.0949. The average molecular weight is 178 g/mol. The van der Waals surface area contributed by atoms with Crippen LogP contribution in [0.3, 0.4) is 0 Å². The van der Waals surface area contributed by atoms with Crippen LogP contribution in [0.1, 0.15) is 22.5 Å². The number of aryl methyl sites for hydroxylation is 1. The third-order valence-electron chi connectivity index (χ3n) is 1.58. The summed E-state index contributed by atoms with van der Waals surface area (Å²) >= 11 is 0. The highest BCUT2D eigenvalue weighted by Crippen LogP contribution is 2.00. The summed E-state index contributed by atoms with van der Waals surface area (Å²) in [5, 5.41) is 17.1. The number of amides is 1. The van der Waals surface area contributed by atoms with Crippen molar-refractivity contribution in [3.8, 4) is 6.07 Å². The third kappa shape index (κ3) is 2.30. The van der Waals surface area contributed by atoms with Crippen LogP contribution in [0.5, 0.6) is 0 Å². The molecule has 0 aliphatic rings. The topological polar surface area (TPSA) is 81.6 Å². The minimum absolute atomic E-state index is 0.217. The molecule has 0 aromatic carbocycles. The first kappa shape index (κ1) is 9.26. The molecule has 13 heavy (non-hydrogen) atoms. The zero-order valence-corrected chi connectivity index (χ0v) is 7.29. The van der Waals surface area contributed by atoms with E-state index in [1.165, 1.54) is 0 Å². The van der Waals surface area contributed by atoms with Gasteiger partial charge in [-0.15, -0.1) is 0 Å². The number of nitrogens with zero attached hydrogens (tertiary/aromatic N) is 2. The highest BCUT2D eigenvalue weighted by molar-refractivity contribution is 5.93. The summed E-state index contributed by atoms with van der Waals surface area (Å²) in [4.78, 5) is 11.3. The predicted molar refractivity (Wildman–Crippen MR) is 45.9 cm³/mol. The second-order valence-corrected chi connectivity index (χ2v) is 2.59. The number of aromatic amines is 1. The quantitative estimate of drug-likeness (QED) is 0.656. The molecule has 2 N–H and O–H groups in total. The van der Waals surface area contributed by atoms with E-state index in [0.29, 0.717) is 18.7 Å². The molecule has 0 aliphatic heterocycles. The van der Waals surface area contributed by atoms with Gasteiger partial charge in [-0.3, -0.25) is 9.89 Å². The van der Waals surface area contributed by atoms with Crippen molar-refractivity contribution in [3.05, 3.63) is 17.5 Å². The maximum Gasteiger partial charge on any atom is 0.269 e. The minimum Gasteiger partial charge on any atom is -0.350 e. The van der Waals surface area contributed by atoms with Crippen LogP contribution in [0.25, 0.3) is 0 Å². The number of nitriles is 1. The molecule has 1 amide bonds. The van der Waals surface area contributed by atoms with E-state index >= 15 is 0 Å². The van der Waals surface area contributed by atoms with Gasteiger partial charge in [0.15, 0.2) is 0 Å². The SMILES string of the molecule is Cc1cn[nH]c1C(=O)NCCC#N. The summed E-state index contributed by atoms with van der Waals surface area (Å²) in [6.07, 6.45) is 1.90. The first-order valence-corrected chi connectivity index (χ1v) is 3.91. The molecule has 5 heteroatoms. The Kier molecular flexibility index (Phi) is 3.03. The van der Waals surface area contributed by atoms with Gasteiger partial charge in [0.05, 0.1) is 18.7 Å². The molecule has 1 rings (SSSR count). The molecular formula is C8H10N4O. The van der Waals surface area contributed by atoms with E-state index < -0.39 is 0 Å². The minimum atomic E-state index is -0.217. The monoisotopic (exact) mass is 178 g/mol. The van der Waals surface area contributed by atoms with Crippen LogP contribution in [0.2, 0.25) is 0 Å². The van der Waals surface area contributed by atoms with Gasteiger partial charge < -0.3 is 5.32 Å². The summed E-state index contributed by atoms with van der Waals surface area (Å²) in [5.41, 5.74) is 1.26. The summed E-state index contributed by atoms with van der Waals surface area (Å²) in [6, 6.07) is 1.94. The van der Waals surface area contributed by atoms with Gasteiger partial charge in [0.1, 0.15) is 5.69 Å². The van der Waals surface area contributed by atoms with Crippen LogP contribution in [0.15, 0.2) is 6.20 Å². The molecule has 1 aromatic heterocycles. The van der Waals surface area contributed by atoms with Crippen molar-refractivity contribution in [1.82, 2.24) is 15.5 Å². The summed E-state index contributed by atoms with van der Waals surface area (Å²) in [6.45, 7) is 2.16. The van der Waals surface area contributed by atoms with E-state index in [9.17, 15) is 4.79 Å². The van der Waals surface area contributed by atoms with Gasteiger partial charge in [-0.2, -0.15) is 10.4 Å². The summed E-state index contributed by atoms with van der Waals surface area (Å²) in [5.74, 6) is -0.217. The molecule has 0 fully saturated rings. The lowest BCUT2D eigenvalue weighted by atomic mass is 10.2. The fraction of sp³-hybridized carbons (Fsp3) is 0.375. The van der Waals surface area contributed by atoms with E-state index in [4.69, 9.17) is 5.26 Å². The molecule has 0 atom stereocenters. The van der Waals surface area contributed by atoms with Crippen molar-refractivity contribution in [2.75, 3.05) is 6.54 Å². The van der Waals surface area contributed by atoms with Crippen LogP contribution < -0.4 is 5.32 Å². The number of carbonyl (C=O) groups excluding carboxylic acids is 1. The van der Waals surface area contributed by atoms with Gasteiger partial charge >= 0.3 is 0 Å². The number of carbonyl (C=O) groups is 1. The number of hydrogen-bond donors (Lipinski definition) is 2. The first-order valence-electron chi connectivity index (χ1n) is 3.91. The fourth-order valence-electron chi connectivity index (χ4n) is 0.897. The molecule has 1 heterocycles. The van der Waals surface area contributed by atoms with Crippen LogP contribution in [-0.2, 0) is 0 Å². The number of nitrogens with one attached hydrogen (secondary N) is 2. The second kappa shape index (κ2) is 4.26.